The molecule has 3 rings (SSSR count). The number of benzene rings is 2. The van der Waals surface area contributed by atoms with Crippen LogP contribution < -0.4 is 5.32 Å². The predicted molar refractivity (Wildman–Crippen MR) is 95.1 cm³/mol. The van der Waals surface area contributed by atoms with Crippen molar-refractivity contribution in [3.05, 3.63) is 59.7 Å². The van der Waals surface area contributed by atoms with Crippen LogP contribution in [-0.2, 0) is 17.9 Å². The zero-order valence-electron chi connectivity index (χ0n) is 14.0. The summed E-state index contributed by atoms with van der Waals surface area (Å²) in [5.74, 6) is 0.417. The quantitative estimate of drug-likeness (QED) is 0.750. The monoisotopic (exact) mass is 323 g/mol. The van der Waals surface area contributed by atoms with Crippen molar-refractivity contribution in [1.82, 2.24) is 9.55 Å². The molecule has 0 spiro atoms. The van der Waals surface area contributed by atoms with Crippen LogP contribution >= 0.6 is 0 Å². The van der Waals surface area contributed by atoms with Crippen molar-refractivity contribution >= 4 is 22.9 Å². The molecule has 0 aliphatic heterocycles. The number of ether oxygens (including phenoxy) is 1. The van der Waals surface area contributed by atoms with Crippen molar-refractivity contribution < 1.29 is 9.53 Å². The lowest BCUT2D eigenvalue weighted by atomic mass is 10.1. The molecule has 2 aromatic carbocycles. The number of carbonyl (C=O) groups is 1. The van der Waals surface area contributed by atoms with E-state index in [9.17, 15) is 4.79 Å². The Kier molecular flexibility index (Phi) is 4.91. The van der Waals surface area contributed by atoms with Gasteiger partial charge in [0.25, 0.3) is 5.91 Å². The summed E-state index contributed by atoms with van der Waals surface area (Å²) in [6.07, 6.45) is 0.965. The zero-order valence-corrected chi connectivity index (χ0v) is 14.0. The second-order valence-corrected chi connectivity index (χ2v) is 5.66. The SMILES string of the molecule is CCCn1c(NC(=O)c2cccc(COC)c2)nc2ccccc21. The molecule has 1 heterocycles. The fourth-order valence-corrected chi connectivity index (χ4v) is 2.76. The highest BCUT2D eigenvalue weighted by atomic mass is 16.5. The number of fused-ring (bicyclic) bond motifs is 1. The number of nitrogens with one attached hydrogen (secondary N) is 1. The third-order valence-corrected chi connectivity index (χ3v) is 3.83. The van der Waals surface area contributed by atoms with Crippen molar-refractivity contribution in [3.63, 3.8) is 0 Å². The van der Waals surface area contributed by atoms with Crippen molar-refractivity contribution in [1.29, 1.82) is 0 Å². The lowest BCUT2D eigenvalue weighted by Gasteiger charge is -2.09. The normalized spacial score (nSPS) is 10.9. The summed E-state index contributed by atoms with van der Waals surface area (Å²) in [5, 5.41) is 2.94. The molecule has 0 saturated carbocycles. The van der Waals surface area contributed by atoms with Crippen LogP contribution in [0.5, 0.6) is 0 Å². The minimum absolute atomic E-state index is 0.166. The molecule has 0 atom stereocenters. The number of carbonyl (C=O) groups excluding carboxylic acids is 1. The molecule has 0 unspecified atom stereocenters. The molecule has 0 saturated heterocycles. The van der Waals surface area contributed by atoms with E-state index in [1.807, 2.05) is 47.0 Å². The minimum Gasteiger partial charge on any atom is -0.380 e. The van der Waals surface area contributed by atoms with Gasteiger partial charge in [-0.2, -0.15) is 0 Å². The Hall–Kier alpha value is -2.66. The highest BCUT2D eigenvalue weighted by Crippen LogP contribution is 2.20. The van der Waals surface area contributed by atoms with Crippen LogP contribution in [0.15, 0.2) is 48.5 Å². The number of nitrogens with zero attached hydrogens (tertiary/aromatic N) is 2. The number of aromatic nitrogens is 2. The van der Waals surface area contributed by atoms with E-state index in [1.54, 1.807) is 13.2 Å². The van der Waals surface area contributed by atoms with Crippen molar-refractivity contribution in [3.8, 4) is 0 Å². The van der Waals surface area contributed by atoms with Crippen LogP contribution in [0, 0.1) is 0 Å². The Balaban J connectivity index is 1.90. The van der Waals surface area contributed by atoms with Gasteiger partial charge in [-0.1, -0.05) is 31.2 Å². The molecular weight excluding hydrogens is 302 g/mol. The van der Waals surface area contributed by atoms with Gasteiger partial charge in [0.1, 0.15) is 0 Å². The Morgan fingerprint density at radius 3 is 2.83 bits per heavy atom. The number of para-hydroxylation sites is 2. The molecule has 24 heavy (non-hydrogen) atoms. The van der Waals surface area contributed by atoms with E-state index in [-0.39, 0.29) is 5.91 Å². The molecule has 1 N–H and O–H groups in total. The zero-order chi connectivity index (χ0) is 16.9. The van der Waals surface area contributed by atoms with E-state index >= 15 is 0 Å². The summed E-state index contributed by atoms with van der Waals surface area (Å²) in [6, 6.07) is 15.3. The van der Waals surface area contributed by atoms with Gasteiger partial charge >= 0.3 is 0 Å². The van der Waals surface area contributed by atoms with E-state index in [4.69, 9.17) is 4.74 Å². The van der Waals surface area contributed by atoms with Gasteiger partial charge in [-0.15, -0.1) is 0 Å². The highest BCUT2D eigenvalue weighted by Gasteiger charge is 2.14. The number of methoxy groups -OCH3 is 1. The maximum Gasteiger partial charge on any atom is 0.257 e. The van der Waals surface area contributed by atoms with Gasteiger partial charge in [0.15, 0.2) is 0 Å². The van der Waals surface area contributed by atoms with Gasteiger partial charge in [0.05, 0.1) is 17.6 Å². The molecule has 0 radical (unpaired) electrons. The average Bonchev–Trinajstić information content (AvgIpc) is 2.93. The first kappa shape index (κ1) is 16.2. The number of imidazole rings is 1. The molecule has 5 nitrogen and oxygen atoms in total. The third-order valence-electron chi connectivity index (χ3n) is 3.83. The lowest BCUT2D eigenvalue weighted by Crippen LogP contribution is -2.16. The predicted octanol–water partition coefficient (Wildman–Crippen LogP) is 3.85. The van der Waals surface area contributed by atoms with Crippen LogP contribution in [0.1, 0.15) is 29.3 Å². The molecule has 124 valence electrons. The average molecular weight is 323 g/mol. The van der Waals surface area contributed by atoms with Crippen molar-refractivity contribution in [2.75, 3.05) is 12.4 Å². The second-order valence-electron chi connectivity index (χ2n) is 5.66. The van der Waals surface area contributed by atoms with Crippen LogP contribution in [0.2, 0.25) is 0 Å². The summed E-state index contributed by atoms with van der Waals surface area (Å²) in [7, 11) is 1.64. The number of hydrogen-bond acceptors (Lipinski definition) is 3. The lowest BCUT2D eigenvalue weighted by molar-refractivity contribution is 0.102. The first-order valence-electron chi connectivity index (χ1n) is 8.07. The molecule has 5 heteroatoms. The largest absolute Gasteiger partial charge is 0.380 e. The molecule has 3 aromatic rings. The van der Waals surface area contributed by atoms with E-state index in [1.165, 1.54) is 0 Å². The van der Waals surface area contributed by atoms with Crippen LogP contribution in [-0.4, -0.2) is 22.6 Å². The Morgan fingerprint density at radius 1 is 1.21 bits per heavy atom. The smallest absolute Gasteiger partial charge is 0.257 e. The number of amides is 1. The molecule has 0 bridgehead atoms. The Morgan fingerprint density at radius 2 is 2.04 bits per heavy atom. The van der Waals surface area contributed by atoms with Gasteiger partial charge < -0.3 is 9.30 Å². The summed E-state index contributed by atoms with van der Waals surface area (Å²) < 4.78 is 7.17. The maximum absolute atomic E-state index is 12.6. The van der Waals surface area contributed by atoms with Crippen molar-refractivity contribution in [2.24, 2.45) is 0 Å². The van der Waals surface area contributed by atoms with E-state index in [2.05, 4.69) is 17.2 Å². The molecule has 1 amide bonds. The molecule has 0 fully saturated rings. The van der Waals surface area contributed by atoms with Crippen LogP contribution in [0.3, 0.4) is 0 Å². The minimum atomic E-state index is -0.166. The fraction of sp³-hybridized carbons (Fsp3) is 0.263. The molecule has 1 aromatic heterocycles. The number of rotatable bonds is 6. The molecular formula is C19H21N3O2. The summed E-state index contributed by atoms with van der Waals surface area (Å²) in [5.41, 5.74) is 3.48. The summed E-state index contributed by atoms with van der Waals surface area (Å²) in [4.78, 5) is 17.2. The highest BCUT2D eigenvalue weighted by molar-refractivity contribution is 6.04. The topological polar surface area (TPSA) is 56.2 Å². The first-order valence-corrected chi connectivity index (χ1v) is 8.07. The van der Waals surface area contributed by atoms with Crippen LogP contribution in [0.25, 0.3) is 11.0 Å². The molecule has 0 aliphatic rings. The number of hydrogen-bond donors (Lipinski definition) is 1. The van der Waals surface area contributed by atoms with Crippen molar-refractivity contribution in [2.45, 2.75) is 26.5 Å². The fourth-order valence-electron chi connectivity index (χ4n) is 2.76. The van der Waals surface area contributed by atoms with Gasteiger partial charge in [0, 0.05) is 19.2 Å². The summed E-state index contributed by atoms with van der Waals surface area (Å²) in [6.45, 7) is 3.39. The van der Waals surface area contributed by atoms with E-state index < -0.39 is 0 Å². The standard InChI is InChI=1S/C19H21N3O2/c1-3-11-22-17-10-5-4-9-16(17)20-19(22)21-18(23)15-8-6-7-14(12-15)13-24-2/h4-10,12H,3,11,13H2,1-2H3,(H,20,21,23). The molecule has 0 aliphatic carbocycles. The third kappa shape index (κ3) is 3.31. The first-order chi connectivity index (χ1) is 11.7. The second kappa shape index (κ2) is 7.27. The summed E-state index contributed by atoms with van der Waals surface area (Å²) >= 11 is 0. The van der Waals surface area contributed by atoms with Gasteiger partial charge in [-0.25, -0.2) is 4.98 Å². The number of anilines is 1. The number of aryl methyl sites for hydroxylation is 1. The van der Waals surface area contributed by atoms with E-state index in [0.717, 1.165) is 29.6 Å². The Labute approximate surface area is 141 Å². The Bertz CT molecular complexity index is 855. The maximum atomic E-state index is 12.6. The van der Waals surface area contributed by atoms with E-state index in [0.29, 0.717) is 18.1 Å². The van der Waals surface area contributed by atoms with Gasteiger partial charge in [0.2, 0.25) is 5.95 Å². The van der Waals surface area contributed by atoms with Crippen LogP contribution in [0.4, 0.5) is 5.95 Å². The van der Waals surface area contributed by atoms with Gasteiger partial charge in [-0.3, -0.25) is 10.1 Å². The van der Waals surface area contributed by atoms with Gasteiger partial charge in [-0.05, 0) is 36.2 Å².